The van der Waals surface area contributed by atoms with Crippen LogP contribution >= 0.6 is 0 Å². The summed E-state index contributed by atoms with van der Waals surface area (Å²) in [6, 6.07) is 15.1. The van der Waals surface area contributed by atoms with Gasteiger partial charge in [-0.15, -0.1) is 0 Å². The highest BCUT2D eigenvalue weighted by Gasteiger charge is 2.44. The Morgan fingerprint density at radius 2 is 1.92 bits per heavy atom. The van der Waals surface area contributed by atoms with E-state index in [-0.39, 0.29) is 11.8 Å². The number of benzene rings is 2. The number of carboxylic acids is 1. The molecule has 1 saturated carbocycles. The van der Waals surface area contributed by atoms with Gasteiger partial charge >= 0.3 is 11.6 Å². The molecule has 1 heterocycles. The Bertz CT molecular complexity index is 1020. The topological polar surface area (TPSA) is 67.5 Å². The molecule has 1 fully saturated rings. The third-order valence-corrected chi connectivity index (χ3v) is 4.74. The molecule has 24 heavy (non-hydrogen) atoms. The zero-order chi connectivity index (χ0) is 16.8. The van der Waals surface area contributed by atoms with E-state index < -0.39 is 11.6 Å². The third-order valence-electron chi connectivity index (χ3n) is 4.74. The smallest absolute Gasteiger partial charge is 0.336 e. The number of aryl methyl sites for hydroxylation is 1. The molecule has 120 valence electrons. The molecule has 0 bridgehead atoms. The fraction of sp³-hybridized carbons (Fsp3) is 0.200. The first-order valence-corrected chi connectivity index (χ1v) is 7.91. The third kappa shape index (κ3) is 2.40. The minimum absolute atomic E-state index is 0.0133. The number of hydrogen-bond acceptors (Lipinski definition) is 3. The Labute approximate surface area is 138 Å². The maximum Gasteiger partial charge on any atom is 0.336 e. The van der Waals surface area contributed by atoms with Crippen molar-refractivity contribution >= 4 is 16.9 Å². The molecule has 0 unspecified atom stereocenters. The lowest BCUT2D eigenvalue weighted by Gasteiger charge is -2.09. The molecule has 0 saturated heterocycles. The molecule has 0 amide bonds. The Hall–Kier alpha value is -2.88. The summed E-state index contributed by atoms with van der Waals surface area (Å²) in [4.78, 5) is 23.1. The van der Waals surface area contributed by atoms with Crippen LogP contribution in [0.4, 0.5) is 0 Å². The van der Waals surface area contributed by atoms with Crippen LogP contribution in [0.3, 0.4) is 0 Å². The summed E-state index contributed by atoms with van der Waals surface area (Å²) in [5.41, 5.74) is 3.95. The first kappa shape index (κ1) is 14.7. The van der Waals surface area contributed by atoms with Crippen molar-refractivity contribution in [2.24, 2.45) is 5.92 Å². The molecule has 1 aliphatic carbocycles. The normalized spacial score (nSPS) is 19.4. The summed E-state index contributed by atoms with van der Waals surface area (Å²) in [6.07, 6.45) is 0.641. The molecular weight excluding hydrogens is 304 g/mol. The molecule has 2 aromatic carbocycles. The van der Waals surface area contributed by atoms with E-state index in [1.54, 1.807) is 0 Å². The van der Waals surface area contributed by atoms with Gasteiger partial charge in [-0.05, 0) is 42.0 Å². The van der Waals surface area contributed by atoms with Crippen molar-refractivity contribution in [1.82, 2.24) is 0 Å². The highest BCUT2D eigenvalue weighted by atomic mass is 16.4. The van der Waals surface area contributed by atoms with E-state index in [1.165, 1.54) is 6.07 Å². The van der Waals surface area contributed by atoms with Crippen LogP contribution in [0.25, 0.3) is 22.1 Å². The second-order valence-corrected chi connectivity index (χ2v) is 6.34. The molecule has 1 N–H and O–H groups in total. The summed E-state index contributed by atoms with van der Waals surface area (Å²) in [6.45, 7) is 2.01. The van der Waals surface area contributed by atoms with Crippen LogP contribution < -0.4 is 5.63 Å². The highest BCUT2D eigenvalue weighted by molar-refractivity contribution is 5.94. The summed E-state index contributed by atoms with van der Waals surface area (Å²) in [7, 11) is 0. The van der Waals surface area contributed by atoms with Gasteiger partial charge in [0.1, 0.15) is 5.58 Å². The highest BCUT2D eigenvalue weighted by Crippen LogP contribution is 2.48. The van der Waals surface area contributed by atoms with Gasteiger partial charge in [-0.2, -0.15) is 0 Å². The fourth-order valence-corrected chi connectivity index (χ4v) is 3.34. The quantitative estimate of drug-likeness (QED) is 0.742. The van der Waals surface area contributed by atoms with Crippen LogP contribution in [0.2, 0.25) is 0 Å². The Morgan fingerprint density at radius 3 is 2.62 bits per heavy atom. The van der Waals surface area contributed by atoms with Crippen LogP contribution in [0, 0.1) is 12.8 Å². The van der Waals surface area contributed by atoms with Crippen LogP contribution in [0.5, 0.6) is 0 Å². The minimum Gasteiger partial charge on any atom is -0.481 e. The summed E-state index contributed by atoms with van der Waals surface area (Å²) in [5.74, 6) is -1.08. The van der Waals surface area contributed by atoms with E-state index in [0.29, 0.717) is 12.0 Å². The maximum atomic E-state index is 12.0. The Morgan fingerprint density at radius 1 is 1.12 bits per heavy atom. The van der Waals surface area contributed by atoms with Crippen molar-refractivity contribution in [2.45, 2.75) is 19.3 Å². The SMILES string of the molecule is Cc1ccccc1-c1cc(=O)oc2cc([C@H]3C[C@@H]3C(=O)O)ccc12. The van der Waals surface area contributed by atoms with E-state index in [1.807, 2.05) is 49.4 Å². The van der Waals surface area contributed by atoms with E-state index in [0.717, 1.165) is 27.6 Å². The minimum atomic E-state index is -0.768. The molecule has 0 radical (unpaired) electrons. The van der Waals surface area contributed by atoms with Crippen molar-refractivity contribution in [3.63, 3.8) is 0 Å². The molecule has 4 heteroatoms. The number of carboxylic acid groups (broad SMARTS) is 1. The lowest BCUT2D eigenvalue weighted by Crippen LogP contribution is -2.01. The Kier molecular flexibility index (Phi) is 3.27. The van der Waals surface area contributed by atoms with Gasteiger partial charge in [0.15, 0.2) is 0 Å². The molecule has 0 aliphatic heterocycles. The molecule has 4 rings (SSSR count). The first-order chi connectivity index (χ1) is 11.5. The van der Waals surface area contributed by atoms with Crippen LogP contribution in [-0.2, 0) is 4.79 Å². The van der Waals surface area contributed by atoms with E-state index in [4.69, 9.17) is 9.52 Å². The van der Waals surface area contributed by atoms with Crippen molar-refractivity contribution in [1.29, 1.82) is 0 Å². The summed E-state index contributed by atoms with van der Waals surface area (Å²) in [5, 5.41) is 9.95. The fourth-order valence-electron chi connectivity index (χ4n) is 3.34. The largest absolute Gasteiger partial charge is 0.481 e. The molecule has 4 nitrogen and oxygen atoms in total. The molecule has 2 atom stereocenters. The lowest BCUT2D eigenvalue weighted by molar-refractivity contribution is -0.138. The van der Waals surface area contributed by atoms with Crippen molar-refractivity contribution in [3.8, 4) is 11.1 Å². The van der Waals surface area contributed by atoms with Gasteiger partial charge in [0.25, 0.3) is 0 Å². The Balaban J connectivity index is 1.87. The van der Waals surface area contributed by atoms with Crippen LogP contribution in [0.1, 0.15) is 23.5 Å². The maximum absolute atomic E-state index is 12.0. The van der Waals surface area contributed by atoms with Gasteiger partial charge in [0.2, 0.25) is 0 Å². The van der Waals surface area contributed by atoms with Gasteiger partial charge in [-0.25, -0.2) is 4.79 Å². The van der Waals surface area contributed by atoms with Crippen LogP contribution in [-0.4, -0.2) is 11.1 Å². The zero-order valence-corrected chi connectivity index (χ0v) is 13.2. The molecule has 1 aliphatic rings. The zero-order valence-electron chi connectivity index (χ0n) is 13.2. The lowest BCUT2D eigenvalue weighted by atomic mass is 9.96. The average Bonchev–Trinajstić information content (AvgIpc) is 3.35. The van der Waals surface area contributed by atoms with E-state index >= 15 is 0 Å². The first-order valence-electron chi connectivity index (χ1n) is 7.91. The number of rotatable bonds is 3. The van der Waals surface area contributed by atoms with Gasteiger partial charge in [-0.3, -0.25) is 4.79 Å². The molecule has 3 aromatic rings. The standard InChI is InChI=1S/C20H16O4/c1-11-4-2-3-5-13(11)16-10-19(21)24-18-8-12(6-7-14(16)18)15-9-17(15)20(22)23/h2-8,10,15,17H,9H2,1H3,(H,22,23)/t15-,17+/m1/s1. The second-order valence-electron chi connectivity index (χ2n) is 6.34. The number of carbonyl (C=O) groups is 1. The predicted molar refractivity (Wildman–Crippen MR) is 91.1 cm³/mol. The van der Waals surface area contributed by atoms with Crippen LogP contribution in [0.15, 0.2) is 57.7 Å². The summed E-state index contributed by atoms with van der Waals surface area (Å²) >= 11 is 0. The molecule has 0 spiro atoms. The van der Waals surface area contributed by atoms with Gasteiger partial charge in [-0.1, -0.05) is 36.4 Å². The second kappa shape index (κ2) is 5.34. The summed E-state index contributed by atoms with van der Waals surface area (Å²) < 4.78 is 5.38. The van der Waals surface area contributed by atoms with Gasteiger partial charge in [0.05, 0.1) is 5.92 Å². The van der Waals surface area contributed by atoms with E-state index in [2.05, 4.69) is 0 Å². The number of aliphatic carboxylic acids is 1. The van der Waals surface area contributed by atoms with Crippen molar-refractivity contribution < 1.29 is 14.3 Å². The molecule has 1 aromatic heterocycles. The predicted octanol–water partition coefficient (Wildman–Crippen LogP) is 3.96. The number of fused-ring (bicyclic) bond motifs is 1. The van der Waals surface area contributed by atoms with Gasteiger partial charge in [0, 0.05) is 17.0 Å². The van der Waals surface area contributed by atoms with Gasteiger partial charge < -0.3 is 9.52 Å². The number of hydrogen-bond donors (Lipinski definition) is 1. The van der Waals surface area contributed by atoms with Crippen molar-refractivity contribution in [3.05, 3.63) is 70.1 Å². The van der Waals surface area contributed by atoms with Crippen molar-refractivity contribution in [2.75, 3.05) is 0 Å². The molecular formula is C20H16O4. The average molecular weight is 320 g/mol. The monoisotopic (exact) mass is 320 g/mol. The van der Waals surface area contributed by atoms with E-state index in [9.17, 15) is 9.59 Å².